The van der Waals surface area contributed by atoms with Crippen molar-refractivity contribution in [1.82, 2.24) is 0 Å². The minimum atomic E-state index is 0.246. The monoisotopic (exact) mass is 547 g/mol. The fraction of sp³-hybridized carbons (Fsp3) is 0.767. The van der Waals surface area contributed by atoms with Gasteiger partial charge in [0.15, 0.2) is 0 Å². The molecule has 0 radical (unpaired) electrons. The average Bonchev–Trinajstić information content (AvgIpc) is 3.03. The van der Waals surface area contributed by atoms with Crippen molar-refractivity contribution < 1.29 is 0 Å². The molecule has 1 N–H and O–H groups in total. The summed E-state index contributed by atoms with van der Waals surface area (Å²) in [6.45, 7) is 17.4. The van der Waals surface area contributed by atoms with Gasteiger partial charge in [-0.15, -0.1) is 0 Å². The van der Waals surface area contributed by atoms with Gasteiger partial charge in [0.25, 0.3) is 0 Å². The molecule has 0 amide bonds. The number of rotatable bonds is 5. The second-order valence-corrected chi connectivity index (χ2v) is 14.7. The largest absolute Gasteiger partial charge is 0.313 e. The van der Waals surface area contributed by atoms with Crippen LogP contribution in [-0.4, -0.2) is 9.64 Å². The summed E-state index contributed by atoms with van der Waals surface area (Å²) in [5.74, 6) is 3.25. The molecule has 178 valence electrons. The smallest absolute Gasteiger partial charge is 0.0529 e. The normalized spacial score (nSPS) is 45.5. The maximum absolute atomic E-state index is 7.82. The molecule has 0 spiro atoms. The van der Waals surface area contributed by atoms with Gasteiger partial charge in [0.1, 0.15) is 0 Å². The number of hydrogen-bond acceptors (Lipinski definition) is 1. The van der Waals surface area contributed by atoms with Gasteiger partial charge in [0, 0.05) is 5.41 Å². The highest BCUT2D eigenvalue weighted by molar-refractivity contribution is 14.1. The van der Waals surface area contributed by atoms with Crippen LogP contribution in [0.5, 0.6) is 0 Å². The Morgan fingerprint density at radius 3 is 2.28 bits per heavy atom. The zero-order valence-corrected chi connectivity index (χ0v) is 23.8. The molecule has 8 atom stereocenters. The van der Waals surface area contributed by atoms with Crippen LogP contribution in [0.4, 0.5) is 0 Å². The predicted octanol–water partition coefficient (Wildman–Crippen LogP) is 9.18. The van der Waals surface area contributed by atoms with Crippen LogP contribution in [0.2, 0.25) is 0 Å². The second kappa shape index (κ2) is 8.38. The lowest BCUT2D eigenvalue weighted by atomic mass is 9.45. The predicted molar refractivity (Wildman–Crippen MR) is 148 cm³/mol. The Morgan fingerprint density at radius 1 is 0.938 bits per heavy atom. The molecule has 4 aliphatic carbocycles. The molecule has 2 heteroatoms. The molecule has 0 aliphatic heterocycles. The van der Waals surface area contributed by atoms with E-state index in [4.69, 9.17) is 5.41 Å². The van der Waals surface area contributed by atoms with Crippen LogP contribution < -0.4 is 0 Å². The third kappa shape index (κ3) is 3.39. The lowest BCUT2D eigenvalue weighted by Gasteiger charge is -2.63. The fourth-order valence-corrected chi connectivity index (χ4v) is 9.74. The summed E-state index contributed by atoms with van der Waals surface area (Å²) < 4.78 is 0.246. The van der Waals surface area contributed by atoms with Crippen molar-refractivity contribution >= 4 is 28.8 Å². The van der Waals surface area contributed by atoms with Crippen molar-refractivity contribution in [1.29, 1.82) is 5.41 Å². The van der Waals surface area contributed by atoms with E-state index in [1.807, 2.05) is 0 Å². The molecule has 0 unspecified atom stereocenters. The molecule has 0 aromatic rings. The lowest BCUT2D eigenvalue weighted by molar-refractivity contribution is 0.0170. The molecule has 0 aromatic carbocycles. The van der Waals surface area contributed by atoms with Gasteiger partial charge in [-0.1, -0.05) is 101 Å². The zero-order chi connectivity index (χ0) is 23.5. The quantitative estimate of drug-likeness (QED) is 0.154. The third-order valence-electron chi connectivity index (χ3n) is 11.2. The fourth-order valence-electron chi connectivity index (χ4n) is 8.08. The van der Waals surface area contributed by atoms with E-state index < -0.39 is 0 Å². The van der Waals surface area contributed by atoms with Crippen molar-refractivity contribution in [3.8, 4) is 0 Å². The maximum Gasteiger partial charge on any atom is 0.0529 e. The van der Waals surface area contributed by atoms with E-state index >= 15 is 0 Å². The Kier molecular flexibility index (Phi) is 6.48. The first-order valence-corrected chi connectivity index (χ1v) is 14.3. The number of allylic oxidation sites excluding steroid dienone is 6. The number of nitrogens with one attached hydrogen (secondary N) is 1. The van der Waals surface area contributed by atoms with E-state index in [9.17, 15) is 0 Å². The second-order valence-electron chi connectivity index (χ2n) is 12.8. The topological polar surface area (TPSA) is 23.9 Å². The van der Waals surface area contributed by atoms with Crippen LogP contribution in [0.3, 0.4) is 0 Å². The van der Waals surface area contributed by atoms with E-state index in [2.05, 4.69) is 95.4 Å². The van der Waals surface area contributed by atoms with Gasteiger partial charge in [-0.25, -0.2) is 0 Å². The maximum atomic E-state index is 7.82. The zero-order valence-electron chi connectivity index (χ0n) is 21.6. The van der Waals surface area contributed by atoms with Crippen LogP contribution >= 0.6 is 22.6 Å². The van der Waals surface area contributed by atoms with Gasteiger partial charge in [-0.3, -0.25) is 0 Å². The highest BCUT2D eigenvalue weighted by Crippen LogP contribution is 2.74. The summed E-state index contributed by atoms with van der Waals surface area (Å²) in [5, 5.41) is 7.82. The van der Waals surface area contributed by atoms with Crippen LogP contribution in [0, 0.1) is 51.2 Å². The first-order chi connectivity index (χ1) is 14.9. The van der Waals surface area contributed by atoms with E-state index in [0.29, 0.717) is 34.5 Å². The van der Waals surface area contributed by atoms with Crippen LogP contribution in [0.1, 0.15) is 93.4 Å². The van der Waals surface area contributed by atoms with Crippen molar-refractivity contribution in [3.05, 3.63) is 35.5 Å². The first kappa shape index (κ1) is 24.7. The van der Waals surface area contributed by atoms with E-state index in [1.54, 1.807) is 17.4 Å². The summed E-state index contributed by atoms with van der Waals surface area (Å²) in [6.07, 6.45) is 20.7. The number of hydrogen-bond donors (Lipinski definition) is 1. The van der Waals surface area contributed by atoms with Gasteiger partial charge >= 0.3 is 0 Å². The molecule has 4 aliphatic rings. The molecule has 0 bridgehead atoms. The van der Waals surface area contributed by atoms with Gasteiger partial charge in [-0.05, 0) is 97.2 Å². The Labute approximate surface area is 211 Å². The Hall–Kier alpha value is -0.380. The molecule has 0 heterocycles. The summed E-state index contributed by atoms with van der Waals surface area (Å²) in [7, 11) is 0. The van der Waals surface area contributed by atoms with Crippen molar-refractivity contribution in [3.63, 3.8) is 0 Å². The molecule has 1 nitrogen and oxygen atoms in total. The van der Waals surface area contributed by atoms with Crippen molar-refractivity contribution in [2.75, 3.05) is 0 Å². The van der Waals surface area contributed by atoms with Gasteiger partial charge in [0.05, 0.1) is 3.42 Å². The highest BCUT2D eigenvalue weighted by atomic mass is 127. The molecular weight excluding hydrogens is 501 g/mol. The Bertz CT molecular complexity index is 851. The number of alkyl halides is 1. The molecule has 32 heavy (non-hydrogen) atoms. The Balaban J connectivity index is 1.68. The SMILES string of the molecule is CC(C)[C@@H](C)/C=C/[C@@H](C)[C@H]1CC[C@@]2(C)C3=CC=C4C[C@@H](C=N)CC[C@]4(C)[C@@]3(I)CC[C@]12C. The standard InChI is InChI=1S/C30H46IN/c1-20(2)21(3)8-9-22(4)25-13-15-29(7)26-11-10-24-18-23(19-32)12-14-27(24,5)30(26,31)17-16-28(25,29)6/h8-11,19-23,25,32H,12-18H2,1-7H3/b9-8+,32-19?/t21-,22+,23-,25+,27-,28+,29-,30+/m0/s1. The van der Waals surface area contributed by atoms with Crippen molar-refractivity contribution in [2.45, 2.75) is 96.8 Å². The van der Waals surface area contributed by atoms with Crippen LogP contribution in [0.15, 0.2) is 35.5 Å². The van der Waals surface area contributed by atoms with Crippen molar-refractivity contribution in [2.24, 2.45) is 45.8 Å². The van der Waals surface area contributed by atoms with Gasteiger partial charge < -0.3 is 5.41 Å². The minimum absolute atomic E-state index is 0.246. The van der Waals surface area contributed by atoms with E-state index in [0.717, 1.165) is 12.3 Å². The molecule has 3 fully saturated rings. The highest BCUT2D eigenvalue weighted by Gasteiger charge is 2.67. The van der Waals surface area contributed by atoms with Gasteiger partial charge in [-0.2, -0.15) is 0 Å². The van der Waals surface area contributed by atoms with E-state index in [1.165, 1.54) is 38.5 Å². The van der Waals surface area contributed by atoms with Crippen LogP contribution in [-0.2, 0) is 0 Å². The molecule has 4 rings (SSSR count). The first-order valence-electron chi connectivity index (χ1n) is 13.2. The lowest BCUT2D eigenvalue weighted by Crippen LogP contribution is -2.58. The van der Waals surface area contributed by atoms with Gasteiger partial charge in [0.2, 0.25) is 0 Å². The average molecular weight is 548 g/mol. The number of halogens is 1. The number of fused-ring (bicyclic) bond motifs is 5. The summed E-state index contributed by atoms with van der Waals surface area (Å²) >= 11 is 2.91. The molecule has 3 saturated carbocycles. The van der Waals surface area contributed by atoms with Crippen LogP contribution in [0.25, 0.3) is 0 Å². The Morgan fingerprint density at radius 2 is 1.62 bits per heavy atom. The van der Waals surface area contributed by atoms with E-state index in [-0.39, 0.29) is 8.84 Å². The molecule has 0 saturated heterocycles. The minimum Gasteiger partial charge on any atom is -0.313 e. The third-order valence-corrected chi connectivity index (χ3v) is 13.5. The molecular formula is C30H46IN. The summed E-state index contributed by atoms with van der Waals surface area (Å²) in [6, 6.07) is 0. The molecule has 0 aromatic heterocycles. The summed E-state index contributed by atoms with van der Waals surface area (Å²) in [5.41, 5.74) is 4.32. The summed E-state index contributed by atoms with van der Waals surface area (Å²) in [4.78, 5) is 0.